The predicted octanol–water partition coefficient (Wildman–Crippen LogP) is 5.12. The van der Waals surface area contributed by atoms with Crippen LogP contribution in [-0.2, 0) is 0 Å². The Hall–Kier alpha value is -0.300. The van der Waals surface area contributed by atoms with E-state index in [0.29, 0.717) is 0 Å². The zero-order chi connectivity index (χ0) is 10.9. The van der Waals surface area contributed by atoms with Crippen LogP contribution in [0.2, 0.25) is 0 Å². The third kappa shape index (κ3) is 8.04. The van der Waals surface area contributed by atoms with Gasteiger partial charge in [0.15, 0.2) is 0 Å². The summed E-state index contributed by atoms with van der Waals surface area (Å²) in [6.45, 7) is 12.2. The van der Waals surface area contributed by atoms with Crippen molar-refractivity contribution in [2.24, 2.45) is 0 Å². The fourth-order valence-corrected chi connectivity index (χ4v) is 1.64. The first kappa shape index (κ1) is 15.2. The Kier molecular flexibility index (Phi) is 11.4. The molecule has 0 aliphatic heterocycles. The number of hydrogen-bond donors (Lipinski definition) is 0. The van der Waals surface area contributed by atoms with E-state index in [2.05, 4.69) is 48.0 Å². The summed E-state index contributed by atoms with van der Waals surface area (Å²) >= 11 is 3.41. The largest absolute Gasteiger partial charge is 0.0683 e. The van der Waals surface area contributed by atoms with Gasteiger partial charge < -0.3 is 0 Å². The molecule has 0 saturated heterocycles. The van der Waals surface area contributed by atoms with Crippen molar-refractivity contribution in [1.29, 1.82) is 0 Å². The highest BCUT2D eigenvalue weighted by atomic mass is 79.9. The maximum absolute atomic E-state index is 3.41. The van der Waals surface area contributed by atoms with E-state index < -0.39 is 0 Å². The van der Waals surface area contributed by atoms with E-state index in [1.165, 1.54) is 15.6 Å². The molecule has 76 valence electrons. The number of hydrogen-bond acceptors (Lipinski definition) is 0. The van der Waals surface area contributed by atoms with Crippen LogP contribution in [0, 0.1) is 13.8 Å². The highest BCUT2D eigenvalue weighted by molar-refractivity contribution is 9.10. The SMILES string of the molecule is CC.CC.Cc1cc(C)cc(Br)c1. The van der Waals surface area contributed by atoms with Gasteiger partial charge in [-0.1, -0.05) is 49.7 Å². The average Bonchev–Trinajstić information content (AvgIpc) is 2.09. The van der Waals surface area contributed by atoms with Gasteiger partial charge >= 0.3 is 0 Å². The molecule has 1 rings (SSSR count). The van der Waals surface area contributed by atoms with Crippen LogP contribution in [0.25, 0.3) is 0 Å². The number of halogens is 1. The summed E-state index contributed by atoms with van der Waals surface area (Å²) in [4.78, 5) is 0. The van der Waals surface area contributed by atoms with Crippen molar-refractivity contribution in [3.63, 3.8) is 0 Å². The normalized spacial score (nSPS) is 7.62. The van der Waals surface area contributed by atoms with Gasteiger partial charge in [0.05, 0.1) is 0 Å². The molecule has 1 aromatic carbocycles. The average molecular weight is 245 g/mol. The van der Waals surface area contributed by atoms with Gasteiger partial charge in [0.2, 0.25) is 0 Å². The molecule has 13 heavy (non-hydrogen) atoms. The molecule has 1 aromatic rings. The fourth-order valence-electron chi connectivity index (χ4n) is 0.919. The number of rotatable bonds is 0. The molecule has 0 saturated carbocycles. The molecule has 0 unspecified atom stereocenters. The van der Waals surface area contributed by atoms with Crippen LogP contribution in [0.5, 0.6) is 0 Å². The molecule has 1 heteroatoms. The monoisotopic (exact) mass is 244 g/mol. The molecule has 0 aromatic heterocycles. The Morgan fingerprint density at radius 3 is 1.31 bits per heavy atom. The van der Waals surface area contributed by atoms with Crippen molar-refractivity contribution >= 4 is 15.9 Å². The first-order chi connectivity index (χ1) is 6.18. The zero-order valence-corrected chi connectivity index (χ0v) is 11.2. The van der Waals surface area contributed by atoms with Gasteiger partial charge in [-0.3, -0.25) is 0 Å². The molecule has 0 amide bonds. The van der Waals surface area contributed by atoms with E-state index in [1.807, 2.05) is 27.7 Å². The maximum Gasteiger partial charge on any atom is 0.0180 e. The Balaban J connectivity index is 0. The van der Waals surface area contributed by atoms with E-state index in [-0.39, 0.29) is 0 Å². The highest BCUT2D eigenvalue weighted by Gasteiger charge is 1.88. The van der Waals surface area contributed by atoms with Crippen molar-refractivity contribution in [2.75, 3.05) is 0 Å². The topological polar surface area (TPSA) is 0 Å². The third-order valence-electron chi connectivity index (χ3n) is 1.19. The van der Waals surface area contributed by atoms with Crippen molar-refractivity contribution in [2.45, 2.75) is 41.5 Å². The quantitative estimate of drug-likeness (QED) is 0.595. The second-order valence-electron chi connectivity index (χ2n) is 2.31. The predicted molar refractivity (Wildman–Crippen MR) is 66.3 cm³/mol. The van der Waals surface area contributed by atoms with Crippen LogP contribution in [0.1, 0.15) is 38.8 Å². The first-order valence-electron chi connectivity index (χ1n) is 4.92. The number of benzene rings is 1. The van der Waals surface area contributed by atoms with Crippen LogP contribution < -0.4 is 0 Å². The Morgan fingerprint density at radius 2 is 1.08 bits per heavy atom. The van der Waals surface area contributed by atoms with E-state index >= 15 is 0 Å². The Bertz CT molecular complexity index is 166. The van der Waals surface area contributed by atoms with E-state index in [1.54, 1.807) is 0 Å². The smallest absolute Gasteiger partial charge is 0.0180 e. The Labute approximate surface area is 91.5 Å². The molecule has 0 aliphatic carbocycles. The maximum atomic E-state index is 3.41. The van der Waals surface area contributed by atoms with Crippen LogP contribution in [-0.4, -0.2) is 0 Å². The third-order valence-corrected chi connectivity index (χ3v) is 1.64. The van der Waals surface area contributed by atoms with Crippen LogP contribution in [0.3, 0.4) is 0 Å². The zero-order valence-electron chi connectivity index (χ0n) is 9.61. The first-order valence-corrected chi connectivity index (χ1v) is 5.71. The summed E-state index contributed by atoms with van der Waals surface area (Å²) in [6.07, 6.45) is 0. The molecular weight excluding hydrogens is 224 g/mol. The molecule has 0 atom stereocenters. The molecule has 0 nitrogen and oxygen atoms in total. The highest BCUT2D eigenvalue weighted by Crippen LogP contribution is 2.13. The Morgan fingerprint density at radius 1 is 0.769 bits per heavy atom. The van der Waals surface area contributed by atoms with Crippen LogP contribution in [0.15, 0.2) is 22.7 Å². The van der Waals surface area contributed by atoms with Crippen LogP contribution >= 0.6 is 15.9 Å². The molecule has 0 aliphatic rings. The lowest BCUT2D eigenvalue weighted by Crippen LogP contribution is -1.74. The summed E-state index contributed by atoms with van der Waals surface area (Å²) in [5.74, 6) is 0. The van der Waals surface area contributed by atoms with Crippen molar-refractivity contribution in [1.82, 2.24) is 0 Å². The standard InChI is InChI=1S/C8H9Br.2C2H6/c1-6-3-7(2)5-8(9)4-6;2*1-2/h3-5H,1-2H3;2*1-2H3. The molecule has 0 bridgehead atoms. The van der Waals surface area contributed by atoms with Crippen LogP contribution in [0.4, 0.5) is 0 Å². The second kappa shape index (κ2) is 9.79. The number of aryl methyl sites for hydroxylation is 2. The van der Waals surface area contributed by atoms with E-state index in [9.17, 15) is 0 Å². The lowest BCUT2D eigenvalue weighted by molar-refractivity contribution is 1.37. The van der Waals surface area contributed by atoms with Gasteiger partial charge in [0.25, 0.3) is 0 Å². The van der Waals surface area contributed by atoms with Crippen molar-refractivity contribution in [3.05, 3.63) is 33.8 Å². The van der Waals surface area contributed by atoms with Gasteiger partial charge in [-0.05, 0) is 37.1 Å². The molecule has 0 N–H and O–H groups in total. The molecule has 0 fully saturated rings. The van der Waals surface area contributed by atoms with Gasteiger partial charge in [-0.2, -0.15) is 0 Å². The molecular formula is C12H21Br. The minimum atomic E-state index is 1.17. The van der Waals surface area contributed by atoms with Crippen molar-refractivity contribution < 1.29 is 0 Å². The van der Waals surface area contributed by atoms with Gasteiger partial charge in [-0.25, -0.2) is 0 Å². The van der Waals surface area contributed by atoms with Gasteiger partial charge in [-0.15, -0.1) is 0 Å². The molecule has 0 spiro atoms. The summed E-state index contributed by atoms with van der Waals surface area (Å²) < 4.78 is 1.17. The molecule has 0 heterocycles. The molecule has 0 radical (unpaired) electrons. The minimum absolute atomic E-state index is 1.17. The lowest BCUT2D eigenvalue weighted by atomic mass is 10.2. The van der Waals surface area contributed by atoms with E-state index in [0.717, 1.165) is 0 Å². The van der Waals surface area contributed by atoms with Gasteiger partial charge in [0, 0.05) is 4.47 Å². The van der Waals surface area contributed by atoms with Gasteiger partial charge in [0.1, 0.15) is 0 Å². The fraction of sp³-hybridized carbons (Fsp3) is 0.500. The summed E-state index contributed by atoms with van der Waals surface area (Å²) in [5, 5.41) is 0. The minimum Gasteiger partial charge on any atom is -0.0683 e. The lowest BCUT2D eigenvalue weighted by Gasteiger charge is -1.95. The summed E-state index contributed by atoms with van der Waals surface area (Å²) in [5.41, 5.74) is 2.61. The summed E-state index contributed by atoms with van der Waals surface area (Å²) in [7, 11) is 0. The van der Waals surface area contributed by atoms with Crippen molar-refractivity contribution in [3.8, 4) is 0 Å². The summed E-state index contributed by atoms with van der Waals surface area (Å²) in [6, 6.07) is 6.37. The van der Waals surface area contributed by atoms with E-state index in [4.69, 9.17) is 0 Å². The second-order valence-corrected chi connectivity index (χ2v) is 3.22.